The van der Waals surface area contributed by atoms with Gasteiger partial charge in [-0.3, -0.25) is 9.78 Å². The molecule has 1 N–H and O–H groups in total. The largest absolute Gasteiger partial charge is 0.512 e. The Hall–Kier alpha value is -2.89. The van der Waals surface area contributed by atoms with E-state index in [2.05, 4.69) is 95.3 Å². The van der Waals surface area contributed by atoms with Crippen molar-refractivity contribution in [2.45, 2.75) is 114 Å². The Balaban J connectivity index is 0.000000289. The van der Waals surface area contributed by atoms with E-state index in [4.69, 9.17) is 4.98 Å². The van der Waals surface area contributed by atoms with Gasteiger partial charge < -0.3 is 5.11 Å². The van der Waals surface area contributed by atoms with Crippen LogP contribution >= 0.6 is 22.7 Å². The molecule has 0 atom stereocenters. The molecule has 52 heavy (non-hydrogen) atoms. The molecule has 3 aromatic carbocycles. The number of aliphatic hydroxyl groups excluding tert-OH is 1. The van der Waals surface area contributed by atoms with E-state index in [1.54, 1.807) is 0 Å². The average molecular weight is 911 g/mol. The van der Waals surface area contributed by atoms with Gasteiger partial charge in [-0.1, -0.05) is 111 Å². The third-order valence-corrected chi connectivity index (χ3v) is 13.5. The molecule has 0 amide bonds. The molecule has 0 bridgehead atoms. The monoisotopic (exact) mass is 911 g/mol. The van der Waals surface area contributed by atoms with Crippen molar-refractivity contribution in [3.8, 4) is 11.3 Å². The van der Waals surface area contributed by atoms with Crippen LogP contribution in [0.15, 0.2) is 72.6 Å². The first kappa shape index (κ1) is 41.9. The number of aliphatic hydroxyl groups is 1. The first-order chi connectivity index (χ1) is 24.1. The molecular formula is C46H56IrNO2S2-. The molecule has 1 radical (unpaired) electrons. The van der Waals surface area contributed by atoms with Gasteiger partial charge in [-0.15, -0.1) is 51.8 Å². The second-order valence-electron chi connectivity index (χ2n) is 16.1. The number of benzene rings is 3. The van der Waals surface area contributed by atoms with Gasteiger partial charge in [0.2, 0.25) is 0 Å². The summed E-state index contributed by atoms with van der Waals surface area (Å²) in [5, 5.41) is 16.6. The van der Waals surface area contributed by atoms with Crippen molar-refractivity contribution in [3.63, 3.8) is 0 Å². The molecule has 6 heteroatoms. The van der Waals surface area contributed by atoms with E-state index in [0.29, 0.717) is 5.92 Å². The van der Waals surface area contributed by atoms with Crippen LogP contribution in [0, 0.1) is 22.8 Å². The number of carbonyl (C=O) groups excluding carboxylic acids is 1. The first-order valence-corrected chi connectivity index (χ1v) is 20.4. The van der Waals surface area contributed by atoms with Crippen LogP contribution in [0.1, 0.15) is 112 Å². The first-order valence-electron chi connectivity index (χ1n) is 18.7. The fourth-order valence-corrected chi connectivity index (χ4v) is 9.35. The predicted octanol–water partition coefficient (Wildman–Crippen LogP) is 14.4. The van der Waals surface area contributed by atoms with E-state index < -0.39 is 0 Å². The summed E-state index contributed by atoms with van der Waals surface area (Å²) in [6.07, 6.45) is 7.86. The van der Waals surface area contributed by atoms with Gasteiger partial charge in [-0.05, 0) is 67.0 Å². The van der Waals surface area contributed by atoms with E-state index in [0.717, 1.165) is 48.7 Å². The number of thiophene rings is 2. The second kappa shape index (κ2) is 16.6. The number of hydrogen-bond donors (Lipinski definition) is 1. The van der Waals surface area contributed by atoms with Gasteiger partial charge in [0.1, 0.15) is 5.76 Å². The SMILES string of the molecule is CC(C)Cc1cc2c(ccc3c4ccnc(-c5[c-]c6ccccc6c(C(C)(C)C)c5)c4sc23)s1.CCC(C)(CC)C(=O)/C=C(\O)C(C)(CC)CC.[Ir]. The van der Waals surface area contributed by atoms with Crippen molar-refractivity contribution in [2.75, 3.05) is 0 Å². The Morgan fingerprint density at radius 3 is 2.06 bits per heavy atom. The number of rotatable bonds is 10. The Labute approximate surface area is 333 Å². The van der Waals surface area contributed by atoms with Gasteiger partial charge in [0.15, 0.2) is 5.78 Å². The zero-order valence-corrected chi connectivity index (χ0v) is 36.9. The third kappa shape index (κ3) is 8.41. The van der Waals surface area contributed by atoms with Gasteiger partial charge in [-0.25, -0.2) is 0 Å². The van der Waals surface area contributed by atoms with E-state index >= 15 is 0 Å². The van der Waals surface area contributed by atoms with Crippen molar-refractivity contribution >= 4 is 69.5 Å². The summed E-state index contributed by atoms with van der Waals surface area (Å²) in [6, 6.07) is 23.8. The van der Waals surface area contributed by atoms with Crippen LogP contribution in [0.2, 0.25) is 0 Å². The number of aromatic nitrogens is 1. The number of nitrogens with zero attached hydrogens (tertiary/aromatic N) is 1. The molecule has 0 aliphatic heterocycles. The van der Waals surface area contributed by atoms with Crippen LogP contribution in [0.5, 0.6) is 0 Å². The van der Waals surface area contributed by atoms with Crippen LogP contribution in [-0.4, -0.2) is 15.9 Å². The molecule has 6 aromatic rings. The summed E-state index contributed by atoms with van der Waals surface area (Å²) < 4.78 is 4.02. The van der Waals surface area contributed by atoms with Crippen LogP contribution < -0.4 is 0 Å². The Kier molecular flexibility index (Phi) is 13.4. The summed E-state index contributed by atoms with van der Waals surface area (Å²) in [5.41, 5.74) is 2.90. The number of hydrogen-bond acceptors (Lipinski definition) is 5. The zero-order valence-electron chi connectivity index (χ0n) is 32.9. The quantitative estimate of drug-likeness (QED) is 0.0846. The number of allylic oxidation sites excluding steroid dienone is 2. The van der Waals surface area contributed by atoms with Crippen molar-refractivity contribution in [1.82, 2.24) is 4.98 Å². The van der Waals surface area contributed by atoms with Gasteiger partial charge in [0.25, 0.3) is 0 Å². The summed E-state index contributed by atoms with van der Waals surface area (Å²) in [7, 11) is 0. The molecule has 279 valence electrons. The fraction of sp³-hybridized carbons (Fsp3) is 0.435. The maximum Gasteiger partial charge on any atom is 0.164 e. The van der Waals surface area contributed by atoms with Crippen molar-refractivity contribution in [2.24, 2.45) is 16.7 Å². The Morgan fingerprint density at radius 1 is 0.808 bits per heavy atom. The van der Waals surface area contributed by atoms with Crippen molar-refractivity contribution < 1.29 is 30.0 Å². The van der Waals surface area contributed by atoms with Crippen LogP contribution in [0.4, 0.5) is 0 Å². The molecule has 0 fully saturated rings. The number of carbonyl (C=O) groups is 1. The summed E-state index contributed by atoms with van der Waals surface area (Å²) in [5.74, 6) is 0.955. The van der Waals surface area contributed by atoms with Gasteiger partial charge >= 0.3 is 0 Å². The fourth-order valence-electron chi connectivity index (χ4n) is 6.68. The maximum atomic E-state index is 12.2. The maximum absolute atomic E-state index is 12.2. The summed E-state index contributed by atoms with van der Waals surface area (Å²) >= 11 is 3.83. The minimum absolute atomic E-state index is 0. The number of pyridine rings is 1. The number of ketones is 1. The van der Waals surface area contributed by atoms with Gasteiger partial charge in [0, 0.05) is 78.7 Å². The minimum Gasteiger partial charge on any atom is -0.512 e. The topological polar surface area (TPSA) is 50.2 Å². The molecule has 0 unspecified atom stereocenters. The minimum atomic E-state index is -0.337. The van der Waals surface area contributed by atoms with Gasteiger partial charge in [0.05, 0.1) is 0 Å². The normalized spacial score (nSPS) is 12.8. The van der Waals surface area contributed by atoms with Crippen LogP contribution in [0.25, 0.3) is 52.3 Å². The third-order valence-electron chi connectivity index (χ3n) is 11.2. The van der Waals surface area contributed by atoms with Crippen LogP contribution in [0.3, 0.4) is 0 Å². The van der Waals surface area contributed by atoms with E-state index in [-0.39, 0.29) is 47.9 Å². The molecule has 0 saturated heterocycles. The molecule has 3 heterocycles. The Morgan fingerprint density at radius 2 is 1.44 bits per heavy atom. The molecular weight excluding hydrogens is 855 g/mol. The molecule has 3 aromatic heterocycles. The molecule has 0 saturated carbocycles. The van der Waals surface area contributed by atoms with Crippen LogP contribution in [-0.2, 0) is 36.7 Å². The summed E-state index contributed by atoms with van der Waals surface area (Å²) in [6.45, 7) is 23.5. The zero-order chi connectivity index (χ0) is 37.3. The number of fused-ring (bicyclic) bond motifs is 6. The Bertz CT molecular complexity index is 2210. The molecule has 3 nitrogen and oxygen atoms in total. The second-order valence-corrected chi connectivity index (χ2v) is 18.3. The van der Waals surface area contributed by atoms with Crippen molar-refractivity contribution in [1.29, 1.82) is 0 Å². The smallest absolute Gasteiger partial charge is 0.164 e. The van der Waals surface area contributed by atoms with E-state index in [1.807, 2.05) is 70.4 Å². The average Bonchev–Trinajstić information content (AvgIpc) is 3.70. The molecule has 0 spiro atoms. The van der Waals surface area contributed by atoms with E-state index in [1.165, 1.54) is 52.2 Å². The predicted molar refractivity (Wildman–Crippen MR) is 225 cm³/mol. The molecule has 0 aliphatic rings. The van der Waals surface area contributed by atoms with Gasteiger partial charge in [-0.2, -0.15) is 0 Å². The summed E-state index contributed by atoms with van der Waals surface area (Å²) in [4.78, 5) is 18.6. The molecule has 6 rings (SSSR count). The van der Waals surface area contributed by atoms with Crippen molar-refractivity contribution in [3.05, 3.63) is 89.1 Å². The molecule has 0 aliphatic carbocycles. The van der Waals surface area contributed by atoms with E-state index in [9.17, 15) is 9.90 Å². The standard InChI is InChI=1S/C31H28NS2.C15H28O2.Ir/c1-18(2)14-21-17-25-27(33-21)11-10-23-24-12-13-32-28(30(24)34-29(23)25)20-15-19-8-6-7-9-22(19)26(16-20)31(3,4)5;1-7-14(5,8-2)12(16)11-13(17)15(6,9-3)10-4;/h6-13,16-18H,14H2,1-5H3;11,16H,7-10H2,1-6H3;/q-1;;/b;12-11-;.